The molecule has 0 spiro atoms. The van der Waals surface area contributed by atoms with Crippen LogP contribution in [0.4, 0.5) is 5.82 Å². The van der Waals surface area contributed by atoms with Crippen molar-refractivity contribution >= 4 is 5.82 Å². The van der Waals surface area contributed by atoms with Crippen LogP contribution in [-0.2, 0) is 0 Å². The van der Waals surface area contributed by atoms with Gasteiger partial charge in [0, 0.05) is 17.8 Å². The molecule has 2 aromatic heterocycles. The van der Waals surface area contributed by atoms with Crippen molar-refractivity contribution in [3.05, 3.63) is 30.9 Å². The van der Waals surface area contributed by atoms with Gasteiger partial charge in [0.05, 0.1) is 18.2 Å². The summed E-state index contributed by atoms with van der Waals surface area (Å²) < 4.78 is 2.28. The van der Waals surface area contributed by atoms with E-state index in [0.29, 0.717) is 11.9 Å². The van der Waals surface area contributed by atoms with E-state index in [4.69, 9.17) is 5.73 Å². The Labute approximate surface area is 113 Å². The Kier molecular flexibility index (Phi) is 3.23. The molecule has 1 saturated carbocycles. The van der Waals surface area contributed by atoms with Gasteiger partial charge in [-0.25, -0.2) is 9.97 Å². The van der Waals surface area contributed by atoms with Crippen molar-refractivity contribution in [1.82, 2.24) is 14.5 Å². The number of rotatable bonds is 2. The quantitative estimate of drug-likeness (QED) is 0.897. The standard InChI is InChI=1S/C15H20N4/c1-11-4-6-12(7-5-11)19-10-17-9-14(19)13-3-2-8-18-15(13)16/h2-3,8-12H,4-7H2,1H3,(H2,16,18). The number of nitrogen functional groups attached to an aromatic ring is 1. The molecular weight excluding hydrogens is 236 g/mol. The lowest BCUT2D eigenvalue weighted by atomic mass is 9.87. The number of nitrogens with zero attached hydrogens (tertiary/aromatic N) is 3. The Morgan fingerprint density at radius 3 is 2.79 bits per heavy atom. The van der Waals surface area contributed by atoms with Gasteiger partial charge in [0.1, 0.15) is 5.82 Å². The molecule has 1 aliphatic carbocycles. The van der Waals surface area contributed by atoms with Crippen molar-refractivity contribution in [1.29, 1.82) is 0 Å². The molecule has 3 rings (SSSR count). The molecule has 0 amide bonds. The molecule has 0 bridgehead atoms. The van der Waals surface area contributed by atoms with Gasteiger partial charge in [-0.1, -0.05) is 6.92 Å². The van der Waals surface area contributed by atoms with Gasteiger partial charge in [-0.2, -0.15) is 0 Å². The molecule has 0 radical (unpaired) electrons. The maximum Gasteiger partial charge on any atom is 0.132 e. The highest BCUT2D eigenvalue weighted by molar-refractivity contribution is 5.70. The second kappa shape index (κ2) is 5.03. The van der Waals surface area contributed by atoms with E-state index in [-0.39, 0.29) is 0 Å². The number of aromatic nitrogens is 3. The van der Waals surface area contributed by atoms with Crippen LogP contribution in [0.1, 0.15) is 38.6 Å². The van der Waals surface area contributed by atoms with E-state index in [1.54, 1.807) is 6.20 Å². The fourth-order valence-corrected chi connectivity index (χ4v) is 2.96. The highest BCUT2D eigenvalue weighted by Gasteiger charge is 2.22. The number of hydrogen-bond acceptors (Lipinski definition) is 3. The van der Waals surface area contributed by atoms with Gasteiger partial charge in [-0.3, -0.25) is 0 Å². The summed E-state index contributed by atoms with van der Waals surface area (Å²) in [5, 5.41) is 0. The first kappa shape index (κ1) is 12.2. The predicted octanol–water partition coefficient (Wildman–Crippen LogP) is 3.28. The number of imidazole rings is 1. The van der Waals surface area contributed by atoms with E-state index in [1.165, 1.54) is 25.7 Å². The van der Waals surface area contributed by atoms with Gasteiger partial charge in [-0.05, 0) is 43.7 Å². The minimum atomic E-state index is 0.549. The molecular formula is C15H20N4. The zero-order valence-corrected chi connectivity index (χ0v) is 11.3. The molecule has 2 heterocycles. The predicted molar refractivity (Wildman–Crippen MR) is 76.5 cm³/mol. The highest BCUT2D eigenvalue weighted by Crippen LogP contribution is 2.35. The zero-order chi connectivity index (χ0) is 13.2. The summed E-state index contributed by atoms with van der Waals surface area (Å²) >= 11 is 0. The summed E-state index contributed by atoms with van der Waals surface area (Å²) in [4.78, 5) is 8.48. The second-order valence-electron chi connectivity index (χ2n) is 5.54. The van der Waals surface area contributed by atoms with Crippen LogP contribution in [0.3, 0.4) is 0 Å². The first-order chi connectivity index (χ1) is 9.25. The summed E-state index contributed by atoms with van der Waals surface area (Å²) in [7, 11) is 0. The van der Waals surface area contributed by atoms with Gasteiger partial charge in [0.25, 0.3) is 0 Å². The van der Waals surface area contributed by atoms with Gasteiger partial charge in [0.2, 0.25) is 0 Å². The first-order valence-corrected chi connectivity index (χ1v) is 6.98. The summed E-state index contributed by atoms with van der Waals surface area (Å²) in [5.74, 6) is 1.43. The molecule has 19 heavy (non-hydrogen) atoms. The summed E-state index contributed by atoms with van der Waals surface area (Å²) in [6, 6.07) is 4.49. The average molecular weight is 256 g/mol. The lowest BCUT2D eigenvalue weighted by molar-refractivity contribution is 0.291. The topological polar surface area (TPSA) is 56.7 Å². The van der Waals surface area contributed by atoms with Crippen LogP contribution < -0.4 is 5.73 Å². The van der Waals surface area contributed by atoms with Crippen LogP contribution in [0.25, 0.3) is 11.3 Å². The minimum absolute atomic E-state index is 0.549. The normalized spacial score (nSPS) is 23.4. The third kappa shape index (κ3) is 2.35. The maximum absolute atomic E-state index is 5.98. The zero-order valence-electron chi connectivity index (χ0n) is 11.3. The minimum Gasteiger partial charge on any atom is -0.383 e. The smallest absolute Gasteiger partial charge is 0.132 e. The molecule has 0 saturated heterocycles. The van der Waals surface area contributed by atoms with E-state index in [0.717, 1.165) is 17.2 Å². The number of anilines is 1. The largest absolute Gasteiger partial charge is 0.383 e. The van der Waals surface area contributed by atoms with Crippen molar-refractivity contribution in [2.24, 2.45) is 5.92 Å². The van der Waals surface area contributed by atoms with Crippen molar-refractivity contribution in [3.8, 4) is 11.3 Å². The fraction of sp³-hybridized carbons (Fsp3) is 0.467. The van der Waals surface area contributed by atoms with E-state index in [2.05, 4.69) is 21.5 Å². The monoisotopic (exact) mass is 256 g/mol. The molecule has 4 heteroatoms. The third-order valence-corrected chi connectivity index (χ3v) is 4.16. The molecule has 1 aliphatic rings. The van der Waals surface area contributed by atoms with Gasteiger partial charge >= 0.3 is 0 Å². The van der Waals surface area contributed by atoms with Gasteiger partial charge in [0.15, 0.2) is 0 Å². The van der Waals surface area contributed by atoms with Crippen molar-refractivity contribution in [3.63, 3.8) is 0 Å². The van der Waals surface area contributed by atoms with Crippen LogP contribution in [0.15, 0.2) is 30.9 Å². The Hall–Kier alpha value is -1.84. The van der Waals surface area contributed by atoms with E-state index < -0.39 is 0 Å². The van der Waals surface area contributed by atoms with Gasteiger partial charge < -0.3 is 10.3 Å². The molecule has 0 aromatic carbocycles. The molecule has 0 aliphatic heterocycles. The Morgan fingerprint density at radius 1 is 1.26 bits per heavy atom. The summed E-state index contributed by atoms with van der Waals surface area (Å²) in [6.45, 7) is 2.34. The first-order valence-electron chi connectivity index (χ1n) is 6.98. The van der Waals surface area contributed by atoms with Crippen LogP contribution in [-0.4, -0.2) is 14.5 Å². The maximum atomic E-state index is 5.98. The lowest BCUT2D eigenvalue weighted by Gasteiger charge is -2.28. The van der Waals surface area contributed by atoms with Gasteiger partial charge in [-0.15, -0.1) is 0 Å². The third-order valence-electron chi connectivity index (χ3n) is 4.16. The molecule has 4 nitrogen and oxygen atoms in total. The molecule has 100 valence electrons. The fourth-order valence-electron chi connectivity index (χ4n) is 2.96. The Balaban J connectivity index is 1.93. The highest BCUT2D eigenvalue weighted by atomic mass is 15.1. The van der Waals surface area contributed by atoms with Crippen LogP contribution in [0.2, 0.25) is 0 Å². The Morgan fingerprint density at radius 2 is 2.05 bits per heavy atom. The molecule has 2 aromatic rings. The molecule has 1 fully saturated rings. The van der Waals surface area contributed by atoms with Crippen molar-refractivity contribution < 1.29 is 0 Å². The van der Waals surface area contributed by atoms with Crippen LogP contribution >= 0.6 is 0 Å². The van der Waals surface area contributed by atoms with Crippen molar-refractivity contribution in [2.45, 2.75) is 38.6 Å². The number of hydrogen-bond donors (Lipinski definition) is 1. The number of nitrogens with two attached hydrogens (primary N) is 1. The SMILES string of the molecule is CC1CCC(n2cncc2-c2cccnc2N)CC1. The molecule has 0 atom stereocenters. The Bertz CT molecular complexity index is 553. The van der Waals surface area contributed by atoms with E-state index in [1.807, 2.05) is 24.7 Å². The van der Waals surface area contributed by atoms with Crippen LogP contribution in [0, 0.1) is 5.92 Å². The summed E-state index contributed by atoms with van der Waals surface area (Å²) in [6.07, 6.45) is 10.6. The number of pyridine rings is 1. The van der Waals surface area contributed by atoms with Crippen molar-refractivity contribution in [2.75, 3.05) is 5.73 Å². The molecule has 0 unspecified atom stereocenters. The van der Waals surface area contributed by atoms with E-state index in [9.17, 15) is 0 Å². The summed E-state index contributed by atoms with van der Waals surface area (Å²) in [5.41, 5.74) is 8.05. The lowest BCUT2D eigenvalue weighted by Crippen LogP contribution is -2.17. The molecule has 2 N–H and O–H groups in total. The average Bonchev–Trinajstić information content (AvgIpc) is 2.89. The van der Waals surface area contributed by atoms with Crippen LogP contribution in [0.5, 0.6) is 0 Å². The van der Waals surface area contributed by atoms with E-state index >= 15 is 0 Å². The second-order valence-corrected chi connectivity index (χ2v) is 5.54.